The molecule has 0 aromatic heterocycles. The zero-order chi connectivity index (χ0) is 7.56. The smallest absolute Gasteiger partial charge is 0.221 e. The molecule has 0 bridgehead atoms. The third-order valence-electron chi connectivity index (χ3n) is 2.03. The van der Waals surface area contributed by atoms with Crippen LogP contribution in [0.2, 0.25) is 0 Å². The van der Waals surface area contributed by atoms with Crippen LogP contribution in [0.4, 0.5) is 0 Å². The van der Waals surface area contributed by atoms with Gasteiger partial charge in [-0.3, -0.25) is 4.79 Å². The summed E-state index contributed by atoms with van der Waals surface area (Å²) < 4.78 is 0. The molecule has 1 aliphatic heterocycles. The monoisotopic (exact) mass is 140 g/mol. The minimum absolute atomic E-state index is 0.0961. The van der Waals surface area contributed by atoms with Gasteiger partial charge in [-0.1, -0.05) is 0 Å². The van der Waals surface area contributed by atoms with Crippen molar-refractivity contribution in [2.45, 2.75) is 12.8 Å². The lowest BCUT2D eigenvalue weighted by Crippen LogP contribution is -2.39. The normalized spacial score (nSPS) is 28.2. The lowest BCUT2D eigenvalue weighted by atomic mass is 9.95. The fourth-order valence-corrected chi connectivity index (χ4v) is 1.40. The van der Waals surface area contributed by atoms with Crippen LogP contribution in [0.5, 0.6) is 0 Å². The highest BCUT2D eigenvalue weighted by Gasteiger charge is 2.20. The summed E-state index contributed by atoms with van der Waals surface area (Å²) >= 11 is 0. The first kappa shape index (κ1) is 7.60. The van der Waals surface area contributed by atoms with Gasteiger partial charge >= 0.3 is 0 Å². The van der Waals surface area contributed by atoms with Gasteiger partial charge in [0.2, 0.25) is 5.91 Å². The Bertz CT molecular complexity index is 140. The maximum Gasteiger partial charge on any atom is 0.221 e. The van der Waals surface area contributed by atoms with Crippen molar-refractivity contribution >= 4 is 13.9 Å². The molecule has 56 valence electrons. The Morgan fingerprint density at radius 3 is 2.80 bits per heavy atom. The van der Waals surface area contributed by atoms with E-state index in [4.69, 9.17) is 5.73 Å². The first-order chi connectivity index (χ1) is 4.70. The second-order valence-electron chi connectivity index (χ2n) is 3.00. The number of amides is 1. The van der Waals surface area contributed by atoms with Crippen LogP contribution in [0.1, 0.15) is 12.8 Å². The Kier molecular flexibility index (Phi) is 2.32. The first-order valence-electron chi connectivity index (χ1n) is 3.68. The first-order valence-corrected chi connectivity index (χ1v) is 3.68. The number of carbonyl (C=O) groups is 1. The van der Waals surface area contributed by atoms with E-state index in [1.807, 2.05) is 7.98 Å². The van der Waals surface area contributed by atoms with E-state index < -0.39 is 0 Å². The van der Waals surface area contributed by atoms with Crippen molar-refractivity contribution in [1.82, 2.24) is 4.81 Å². The summed E-state index contributed by atoms with van der Waals surface area (Å²) in [6, 6.07) is 0. The van der Waals surface area contributed by atoms with Crippen molar-refractivity contribution in [3.8, 4) is 0 Å². The summed E-state index contributed by atoms with van der Waals surface area (Å²) in [7, 11) is 2.02. The predicted molar refractivity (Wildman–Crippen MR) is 42.0 cm³/mol. The Hall–Kier alpha value is -0.505. The van der Waals surface area contributed by atoms with Crippen LogP contribution in [0.25, 0.3) is 0 Å². The summed E-state index contributed by atoms with van der Waals surface area (Å²) in [4.78, 5) is 12.8. The van der Waals surface area contributed by atoms with E-state index in [9.17, 15) is 4.79 Å². The van der Waals surface area contributed by atoms with Gasteiger partial charge < -0.3 is 10.5 Å². The largest absolute Gasteiger partial charge is 0.369 e. The van der Waals surface area contributed by atoms with Crippen LogP contribution >= 0.6 is 0 Å². The Labute approximate surface area is 62.0 Å². The molecule has 0 radical (unpaired) electrons. The van der Waals surface area contributed by atoms with Crippen LogP contribution in [-0.4, -0.2) is 31.8 Å². The number of primary amides is 1. The SMILES string of the molecule is BN1CCCC(C(N)=O)C1. The second kappa shape index (κ2) is 3.06. The molecule has 2 N–H and O–H groups in total. The van der Waals surface area contributed by atoms with Gasteiger partial charge in [-0.05, 0) is 25.9 Å². The van der Waals surface area contributed by atoms with E-state index >= 15 is 0 Å². The van der Waals surface area contributed by atoms with Crippen molar-refractivity contribution in [1.29, 1.82) is 0 Å². The lowest BCUT2D eigenvalue weighted by molar-refractivity contribution is -0.122. The molecule has 3 nitrogen and oxygen atoms in total. The minimum Gasteiger partial charge on any atom is -0.369 e. The number of nitrogens with two attached hydrogens (primary N) is 1. The minimum atomic E-state index is -0.147. The van der Waals surface area contributed by atoms with Crippen molar-refractivity contribution in [2.24, 2.45) is 11.7 Å². The van der Waals surface area contributed by atoms with Gasteiger partial charge in [-0.25, -0.2) is 0 Å². The maximum absolute atomic E-state index is 10.7. The van der Waals surface area contributed by atoms with Gasteiger partial charge in [0.25, 0.3) is 0 Å². The molecule has 0 aromatic carbocycles. The predicted octanol–water partition coefficient (Wildman–Crippen LogP) is -1.27. The van der Waals surface area contributed by atoms with Gasteiger partial charge in [0, 0.05) is 5.92 Å². The fourth-order valence-electron chi connectivity index (χ4n) is 1.40. The fraction of sp³-hybridized carbons (Fsp3) is 0.833. The number of carbonyl (C=O) groups excluding carboxylic acids is 1. The topological polar surface area (TPSA) is 46.3 Å². The zero-order valence-electron chi connectivity index (χ0n) is 6.34. The van der Waals surface area contributed by atoms with E-state index in [2.05, 4.69) is 4.81 Å². The quantitative estimate of drug-likeness (QED) is 0.461. The summed E-state index contributed by atoms with van der Waals surface area (Å²) in [5, 5.41) is 0. The van der Waals surface area contributed by atoms with E-state index in [-0.39, 0.29) is 11.8 Å². The van der Waals surface area contributed by atoms with Crippen molar-refractivity contribution in [3.05, 3.63) is 0 Å². The van der Waals surface area contributed by atoms with Gasteiger partial charge in [0.05, 0.1) is 0 Å². The number of piperidine rings is 1. The molecule has 1 amide bonds. The van der Waals surface area contributed by atoms with Crippen LogP contribution in [-0.2, 0) is 4.79 Å². The van der Waals surface area contributed by atoms with Crippen LogP contribution in [0.3, 0.4) is 0 Å². The average Bonchev–Trinajstić information content (AvgIpc) is 1.88. The standard InChI is InChI=1S/C6H13BN2O/c7-9-3-1-2-5(4-9)6(8)10/h5H,1-4,7H2,(H2,8,10). The number of rotatable bonds is 1. The van der Waals surface area contributed by atoms with Gasteiger partial charge in [-0.15, -0.1) is 0 Å². The number of hydrogen-bond donors (Lipinski definition) is 1. The summed E-state index contributed by atoms with van der Waals surface area (Å²) in [5.74, 6) is -0.0506. The number of hydrogen-bond acceptors (Lipinski definition) is 2. The number of nitrogens with zero attached hydrogens (tertiary/aromatic N) is 1. The Morgan fingerprint density at radius 2 is 2.40 bits per heavy atom. The van der Waals surface area contributed by atoms with Crippen LogP contribution in [0, 0.1) is 5.92 Å². The van der Waals surface area contributed by atoms with Gasteiger partial charge in [-0.2, -0.15) is 0 Å². The van der Waals surface area contributed by atoms with E-state index in [1.165, 1.54) is 0 Å². The molecule has 0 aromatic rings. The van der Waals surface area contributed by atoms with E-state index in [0.29, 0.717) is 0 Å². The van der Waals surface area contributed by atoms with Crippen molar-refractivity contribution < 1.29 is 4.79 Å². The molecule has 1 fully saturated rings. The summed E-state index contributed by atoms with van der Waals surface area (Å²) in [5.41, 5.74) is 5.16. The molecule has 10 heavy (non-hydrogen) atoms. The molecule has 1 unspecified atom stereocenters. The summed E-state index contributed by atoms with van der Waals surface area (Å²) in [6.07, 6.45) is 2.07. The van der Waals surface area contributed by atoms with Crippen molar-refractivity contribution in [3.63, 3.8) is 0 Å². The van der Waals surface area contributed by atoms with E-state index in [1.54, 1.807) is 0 Å². The molecule has 1 atom stereocenters. The molecule has 0 saturated carbocycles. The third-order valence-corrected chi connectivity index (χ3v) is 2.03. The average molecular weight is 140 g/mol. The van der Waals surface area contributed by atoms with Crippen LogP contribution in [0.15, 0.2) is 0 Å². The highest BCUT2D eigenvalue weighted by molar-refractivity contribution is 6.04. The molecule has 1 saturated heterocycles. The summed E-state index contributed by atoms with van der Waals surface area (Å²) in [6.45, 7) is 1.94. The second-order valence-corrected chi connectivity index (χ2v) is 3.00. The molecule has 1 aliphatic rings. The molecular weight excluding hydrogens is 127 g/mol. The van der Waals surface area contributed by atoms with Gasteiger partial charge in [0.1, 0.15) is 0 Å². The lowest BCUT2D eigenvalue weighted by Gasteiger charge is -2.27. The van der Waals surface area contributed by atoms with Crippen molar-refractivity contribution in [2.75, 3.05) is 13.1 Å². The molecule has 1 heterocycles. The molecular formula is C6H13BN2O. The van der Waals surface area contributed by atoms with Gasteiger partial charge in [0.15, 0.2) is 7.98 Å². The molecule has 1 rings (SSSR count). The molecule has 0 aliphatic carbocycles. The maximum atomic E-state index is 10.7. The highest BCUT2D eigenvalue weighted by atomic mass is 16.1. The van der Waals surface area contributed by atoms with Crippen LogP contribution < -0.4 is 5.73 Å². The Balaban J connectivity index is 2.39. The van der Waals surface area contributed by atoms with E-state index in [0.717, 1.165) is 25.9 Å². The Morgan fingerprint density at radius 1 is 1.70 bits per heavy atom. The molecule has 4 heteroatoms. The zero-order valence-corrected chi connectivity index (χ0v) is 6.34. The third kappa shape index (κ3) is 1.74. The highest BCUT2D eigenvalue weighted by Crippen LogP contribution is 2.13. The molecule has 0 spiro atoms.